The van der Waals surface area contributed by atoms with Crippen molar-refractivity contribution < 1.29 is 18.0 Å². The molecule has 0 spiro atoms. The lowest BCUT2D eigenvalue weighted by molar-refractivity contribution is -0.137. The number of carbonyl (C=O) groups excluding carboxylic acids is 1. The summed E-state index contributed by atoms with van der Waals surface area (Å²) in [6.45, 7) is 2.15. The molecule has 0 atom stereocenters. The molecule has 0 aliphatic carbocycles. The van der Waals surface area contributed by atoms with Crippen LogP contribution in [0.5, 0.6) is 0 Å². The average Bonchev–Trinajstić information content (AvgIpc) is 2.61. The van der Waals surface area contributed by atoms with Crippen molar-refractivity contribution in [3.05, 3.63) is 64.7 Å². The van der Waals surface area contributed by atoms with E-state index in [0.717, 1.165) is 17.8 Å². The normalized spacial score (nSPS) is 15.4. The summed E-state index contributed by atoms with van der Waals surface area (Å²) >= 11 is 5.92. The number of benzene rings is 2. The smallest absolute Gasteiger partial charge is 0.368 e. The lowest BCUT2D eigenvalue weighted by Gasteiger charge is -2.36. The molecule has 25 heavy (non-hydrogen) atoms. The number of hydrogen-bond acceptors (Lipinski definition) is 2. The molecule has 0 saturated carbocycles. The van der Waals surface area contributed by atoms with E-state index in [1.54, 1.807) is 29.2 Å². The first-order valence-corrected chi connectivity index (χ1v) is 8.19. The molecule has 2 aromatic rings. The monoisotopic (exact) mass is 368 g/mol. The maximum Gasteiger partial charge on any atom is 0.416 e. The van der Waals surface area contributed by atoms with Crippen LogP contribution in [-0.4, -0.2) is 37.0 Å². The summed E-state index contributed by atoms with van der Waals surface area (Å²) in [6, 6.07) is 11.9. The van der Waals surface area contributed by atoms with E-state index >= 15 is 0 Å². The third-order valence-electron chi connectivity index (χ3n) is 4.20. The van der Waals surface area contributed by atoms with Crippen LogP contribution in [0.2, 0.25) is 5.02 Å². The van der Waals surface area contributed by atoms with Crippen LogP contribution in [0.4, 0.5) is 18.9 Å². The molecular weight excluding hydrogens is 353 g/mol. The third kappa shape index (κ3) is 4.07. The van der Waals surface area contributed by atoms with E-state index in [4.69, 9.17) is 11.6 Å². The Morgan fingerprint density at radius 1 is 0.960 bits per heavy atom. The van der Waals surface area contributed by atoms with Gasteiger partial charge in [0, 0.05) is 42.5 Å². The fourth-order valence-corrected chi connectivity index (χ4v) is 3.02. The highest BCUT2D eigenvalue weighted by Crippen LogP contribution is 2.30. The molecule has 0 unspecified atom stereocenters. The topological polar surface area (TPSA) is 23.6 Å². The number of nitrogens with zero attached hydrogens (tertiary/aromatic N) is 2. The highest BCUT2D eigenvalue weighted by molar-refractivity contribution is 6.30. The van der Waals surface area contributed by atoms with E-state index in [9.17, 15) is 18.0 Å². The number of rotatable bonds is 2. The number of alkyl halides is 3. The predicted molar refractivity (Wildman–Crippen MR) is 91.0 cm³/mol. The maximum absolute atomic E-state index is 12.6. The summed E-state index contributed by atoms with van der Waals surface area (Å²) < 4.78 is 37.9. The minimum absolute atomic E-state index is 0.0884. The van der Waals surface area contributed by atoms with Crippen LogP contribution in [0.25, 0.3) is 0 Å². The van der Waals surface area contributed by atoms with Crippen LogP contribution < -0.4 is 4.90 Å². The van der Waals surface area contributed by atoms with Gasteiger partial charge in [0.1, 0.15) is 0 Å². The third-order valence-corrected chi connectivity index (χ3v) is 4.43. The number of anilines is 1. The van der Waals surface area contributed by atoms with Crippen molar-refractivity contribution in [3.63, 3.8) is 0 Å². The molecule has 0 aromatic heterocycles. The molecule has 3 rings (SSSR count). The van der Waals surface area contributed by atoms with Gasteiger partial charge in [-0.25, -0.2) is 0 Å². The Kier molecular flexibility index (Phi) is 4.90. The van der Waals surface area contributed by atoms with Crippen LogP contribution in [0.1, 0.15) is 15.9 Å². The highest BCUT2D eigenvalue weighted by atomic mass is 35.5. The molecule has 1 aliphatic heterocycles. The second kappa shape index (κ2) is 6.96. The zero-order valence-electron chi connectivity index (χ0n) is 13.3. The van der Waals surface area contributed by atoms with Gasteiger partial charge in [0.25, 0.3) is 5.91 Å². The fraction of sp³-hybridized carbons (Fsp3) is 0.278. The Morgan fingerprint density at radius 3 is 2.16 bits per heavy atom. The summed E-state index contributed by atoms with van der Waals surface area (Å²) in [5, 5.41) is 0.509. The van der Waals surface area contributed by atoms with Crippen LogP contribution in [-0.2, 0) is 6.18 Å². The Labute approximate surface area is 148 Å². The van der Waals surface area contributed by atoms with Gasteiger partial charge in [0.15, 0.2) is 0 Å². The molecule has 0 N–H and O–H groups in total. The SMILES string of the molecule is O=C(c1cccc(Cl)c1)N1CCN(c2ccc(C(F)(F)F)cc2)CC1. The summed E-state index contributed by atoms with van der Waals surface area (Å²) in [4.78, 5) is 16.2. The van der Waals surface area contributed by atoms with Crippen LogP contribution >= 0.6 is 11.6 Å². The van der Waals surface area contributed by atoms with Gasteiger partial charge in [-0.3, -0.25) is 4.79 Å². The summed E-state index contributed by atoms with van der Waals surface area (Å²) in [5.41, 5.74) is 0.601. The molecule has 3 nitrogen and oxygen atoms in total. The van der Waals surface area contributed by atoms with Crippen molar-refractivity contribution in [1.82, 2.24) is 4.90 Å². The first-order chi connectivity index (χ1) is 11.8. The summed E-state index contributed by atoms with van der Waals surface area (Å²) in [7, 11) is 0. The molecule has 2 aromatic carbocycles. The molecule has 1 saturated heterocycles. The van der Waals surface area contributed by atoms with Crippen LogP contribution in [0.3, 0.4) is 0 Å². The second-order valence-electron chi connectivity index (χ2n) is 5.83. The number of amides is 1. The average molecular weight is 369 g/mol. The number of carbonyl (C=O) groups is 1. The van der Waals surface area contributed by atoms with Gasteiger partial charge in [-0.15, -0.1) is 0 Å². The summed E-state index contributed by atoms with van der Waals surface area (Å²) in [6.07, 6.45) is -4.33. The van der Waals surface area contributed by atoms with Gasteiger partial charge in [0.05, 0.1) is 5.56 Å². The van der Waals surface area contributed by atoms with E-state index in [1.807, 2.05) is 4.90 Å². The molecule has 1 aliphatic rings. The van der Waals surface area contributed by atoms with Crippen molar-refractivity contribution in [1.29, 1.82) is 0 Å². The van der Waals surface area contributed by atoms with Crippen molar-refractivity contribution in [2.45, 2.75) is 6.18 Å². The molecule has 1 amide bonds. The van der Waals surface area contributed by atoms with Crippen LogP contribution in [0, 0.1) is 0 Å². The van der Waals surface area contributed by atoms with E-state index in [-0.39, 0.29) is 5.91 Å². The molecule has 1 heterocycles. The van der Waals surface area contributed by atoms with E-state index in [1.165, 1.54) is 12.1 Å². The minimum Gasteiger partial charge on any atom is -0.368 e. The number of halogens is 4. The van der Waals surface area contributed by atoms with Crippen molar-refractivity contribution in [2.75, 3.05) is 31.1 Å². The molecule has 132 valence electrons. The Hall–Kier alpha value is -2.21. The molecule has 0 bridgehead atoms. The van der Waals surface area contributed by atoms with Gasteiger partial charge in [-0.1, -0.05) is 17.7 Å². The fourth-order valence-electron chi connectivity index (χ4n) is 2.83. The Morgan fingerprint density at radius 2 is 1.60 bits per heavy atom. The van der Waals surface area contributed by atoms with Crippen molar-refractivity contribution in [2.24, 2.45) is 0 Å². The first kappa shape index (κ1) is 17.6. The zero-order valence-corrected chi connectivity index (χ0v) is 14.0. The van der Waals surface area contributed by atoms with Crippen LogP contribution in [0.15, 0.2) is 48.5 Å². The lowest BCUT2D eigenvalue weighted by Crippen LogP contribution is -2.48. The lowest BCUT2D eigenvalue weighted by atomic mass is 10.1. The van der Waals surface area contributed by atoms with E-state index in [0.29, 0.717) is 36.8 Å². The van der Waals surface area contributed by atoms with E-state index < -0.39 is 11.7 Å². The van der Waals surface area contributed by atoms with Gasteiger partial charge in [-0.05, 0) is 42.5 Å². The number of hydrogen-bond donors (Lipinski definition) is 0. The van der Waals surface area contributed by atoms with E-state index in [2.05, 4.69) is 0 Å². The van der Waals surface area contributed by atoms with Crippen molar-refractivity contribution >= 4 is 23.2 Å². The second-order valence-corrected chi connectivity index (χ2v) is 6.27. The molecular formula is C18H16ClF3N2O. The molecule has 0 radical (unpaired) electrons. The van der Waals surface area contributed by atoms with Gasteiger partial charge < -0.3 is 9.80 Å². The Bertz CT molecular complexity index is 754. The molecule has 7 heteroatoms. The predicted octanol–water partition coefficient (Wildman–Crippen LogP) is 4.32. The molecule has 1 fully saturated rings. The zero-order chi connectivity index (χ0) is 18.0. The standard InChI is InChI=1S/C18H16ClF3N2O/c19-15-3-1-2-13(12-15)17(25)24-10-8-23(9-11-24)16-6-4-14(5-7-16)18(20,21)22/h1-7,12H,8-11H2. The Balaban J connectivity index is 1.63. The quantitative estimate of drug-likeness (QED) is 0.788. The maximum atomic E-state index is 12.6. The minimum atomic E-state index is -4.33. The van der Waals surface area contributed by atoms with Gasteiger partial charge in [-0.2, -0.15) is 13.2 Å². The number of piperazine rings is 1. The first-order valence-electron chi connectivity index (χ1n) is 7.81. The largest absolute Gasteiger partial charge is 0.416 e. The summed E-state index contributed by atoms with van der Waals surface area (Å²) in [5.74, 6) is -0.0884. The highest BCUT2D eigenvalue weighted by Gasteiger charge is 2.30. The van der Waals surface area contributed by atoms with Gasteiger partial charge in [0.2, 0.25) is 0 Å². The van der Waals surface area contributed by atoms with Crippen molar-refractivity contribution in [3.8, 4) is 0 Å². The van der Waals surface area contributed by atoms with Gasteiger partial charge >= 0.3 is 6.18 Å².